The van der Waals surface area contributed by atoms with Crippen molar-refractivity contribution in [2.45, 2.75) is 54.8 Å². The fraction of sp³-hybridized carbons (Fsp3) is 0.393. The van der Waals surface area contributed by atoms with Crippen molar-refractivity contribution in [1.82, 2.24) is 15.3 Å². The molecule has 212 valence electrons. The zero-order chi connectivity index (χ0) is 28.5. The van der Waals surface area contributed by atoms with Crippen LogP contribution in [0.25, 0.3) is 11.4 Å². The molecule has 2 fully saturated rings. The summed E-state index contributed by atoms with van der Waals surface area (Å²) >= 11 is 0. The number of benzene rings is 2. The van der Waals surface area contributed by atoms with Crippen LogP contribution in [-0.2, 0) is 19.3 Å². The molecule has 0 radical (unpaired) electrons. The number of aromatic nitrogens is 2. The standard InChI is InChI=1S/C28H31F2N5O4S/c1-18-16-39-17-19(2)35(18)25-14-23(28(12-13-28)40(37,38)22-6-4-3-5-7-22)33-26(34-25)20-8-10-21(11-9-20)32-27(36)31-15-24(29)30/h3-11,14,18-19,24H,12-13,15-17H2,1-2H3,(H2,31,32,36). The van der Waals surface area contributed by atoms with Crippen molar-refractivity contribution in [3.05, 3.63) is 66.4 Å². The van der Waals surface area contributed by atoms with Crippen molar-refractivity contribution >= 4 is 27.4 Å². The largest absolute Gasteiger partial charge is 0.377 e. The Hall–Kier alpha value is -3.64. The normalized spacial score (nSPS) is 20.3. The first kappa shape index (κ1) is 27.9. The lowest BCUT2D eigenvalue weighted by Gasteiger charge is -2.40. The van der Waals surface area contributed by atoms with Gasteiger partial charge in [-0.25, -0.2) is 32.0 Å². The van der Waals surface area contributed by atoms with E-state index < -0.39 is 33.6 Å². The van der Waals surface area contributed by atoms with Crippen molar-refractivity contribution < 1.29 is 26.7 Å². The van der Waals surface area contributed by atoms with Gasteiger partial charge in [0.15, 0.2) is 15.7 Å². The Morgan fingerprint density at radius 2 is 1.70 bits per heavy atom. The number of rotatable bonds is 8. The van der Waals surface area contributed by atoms with E-state index in [0.717, 1.165) is 0 Å². The summed E-state index contributed by atoms with van der Waals surface area (Å²) in [5.41, 5.74) is 1.45. The van der Waals surface area contributed by atoms with Crippen LogP contribution in [0.3, 0.4) is 0 Å². The van der Waals surface area contributed by atoms with Crippen molar-refractivity contribution in [1.29, 1.82) is 0 Å². The highest BCUT2D eigenvalue weighted by Gasteiger charge is 2.58. The van der Waals surface area contributed by atoms with Crippen LogP contribution in [0.1, 0.15) is 32.4 Å². The molecule has 1 saturated heterocycles. The fourth-order valence-electron chi connectivity index (χ4n) is 5.03. The SMILES string of the molecule is CC1COCC(C)N1c1cc(C2(S(=O)(=O)c3ccccc3)CC2)nc(-c2ccc(NC(=O)NCC(F)F)cc2)n1. The number of urea groups is 1. The molecule has 0 spiro atoms. The van der Waals surface area contributed by atoms with Crippen LogP contribution in [0.15, 0.2) is 65.6 Å². The number of nitrogens with one attached hydrogen (secondary N) is 2. The van der Waals surface area contributed by atoms with E-state index in [4.69, 9.17) is 14.7 Å². The summed E-state index contributed by atoms with van der Waals surface area (Å²) < 4.78 is 57.0. The molecular weight excluding hydrogens is 540 g/mol. The number of anilines is 2. The van der Waals surface area contributed by atoms with Gasteiger partial charge in [0.05, 0.1) is 42.4 Å². The third kappa shape index (κ3) is 5.50. The Balaban J connectivity index is 1.53. The van der Waals surface area contributed by atoms with Gasteiger partial charge in [0.25, 0.3) is 6.43 Å². The molecule has 2 aromatic carbocycles. The maximum absolute atomic E-state index is 13.8. The highest BCUT2D eigenvalue weighted by molar-refractivity contribution is 7.92. The van der Waals surface area contributed by atoms with E-state index in [0.29, 0.717) is 54.6 Å². The summed E-state index contributed by atoms with van der Waals surface area (Å²) in [5.74, 6) is 0.966. The molecule has 2 unspecified atom stereocenters. The number of nitrogens with zero attached hydrogens (tertiary/aromatic N) is 3. The molecule has 0 bridgehead atoms. The number of halogens is 2. The second-order valence-corrected chi connectivity index (χ2v) is 12.5. The molecule has 2 atom stereocenters. The Morgan fingerprint density at radius 1 is 1.05 bits per heavy atom. The van der Waals surface area contributed by atoms with E-state index >= 15 is 0 Å². The lowest BCUT2D eigenvalue weighted by molar-refractivity contribution is 0.0752. The smallest absolute Gasteiger partial charge is 0.319 e. The second-order valence-electron chi connectivity index (χ2n) is 10.2. The average Bonchev–Trinajstić information content (AvgIpc) is 3.76. The Labute approximate surface area is 231 Å². The maximum atomic E-state index is 13.8. The third-order valence-electron chi connectivity index (χ3n) is 7.20. The van der Waals surface area contributed by atoms with Crippen LogP contribution >= 0.6 is 0 Å². The van der Waals surface area contributed by atoms with Gasteiger partial charge in [-0.3, -0.25) is 0 Å². The van der Waals surface area contributed by atoms with Gasteiger partial charge in [-0.1, -0.05) is 18.2 Å². The van der Waals surface area contributed by atoms with Crippen molar-refractivity contribution in [2.24, 2.45) is 0 Å². The van der Waals surface area contributed by atoms with E-state index in [1.807, 2.05) is 13.8 Å². The summed E-state index contributed by atoms with van der Waals surface area (Å²) in [7, 11) is -3.73. The number of morpholine rings is 1. The quantitative estimate of drug-likeness (QED) is 0.406. The first-order chi connectivity index (χ1) is 19.1. The predicted molar refractivity (Wildman–Crippen MR) is 147 cm³/mol. The van der Waals surface area contributed by atoms with Crippen LogP contribution < -0.4 is 15.5 Å². The summed E-state index contributed by atoms with van der Waals surface area (Å²) in [6, 6.07) is 16.1. The predicted octanol–water partition coefficient (Wildman–Crippen LogP) is 4.61. The molecular formula is C28H31F2N5O4S. The van der Waals surface area contributed by atoms with Crippen molar-refractivity contribution in [2.75, 3.05) is 30.0 Å². The van der Waals surface area contributed by atoms with Gasteiger partial charge in [-0.15, -0.1) is 0 Å². The maximum Gasteiger partial charge on any atom is 0.319 e. The molecule has 1 aromatic heterocycles. The minimum absolute atomic E-state index is 0.0126. The summed E-state index contributed by atoms with van der Waals surface area (Å²) in [6.07, 6.45) is -1.75. The van der Waals surface area contributed by atoms with Crippen molar-refractivity contribution in [3.63, 3.8) is 0 Å². The van der Waals surface area contributed by atoms with Gasteiger partial charge in [0.2, 0.25) is 0 Å². The number of ether oxygens (including phenoxy) is 1. The van der Waals surface area contributed by atoms with Gasteiger partial charge in [-0.05, 0) is 63.1 Å². The highest BCUT2D eigenvalue weighted by Crippen LogP contribution is 2.55. The van der Waals surface area contributed by atoms with Gasteiger partial charge in [-0.2, -0.15) is 0 Å². The number of hydrogen-bond acceptors (Lipinski definition) is 7. The molecule has 1 aliphatic carbocycles. The lowest BCUT2D eigenvalue weighted by atomic mass is 10.1. The molecule has 2 aliphatic rings. The van der Waals surface area contributed by atoms with Crippen LogP contribution in [-0.4, -0.2) is 62.7 Å². The number of carbonyl (C=O) groups is 1. The number of amides is 2. The molecule has 3 aromatic rings. The number of sulfone groups is 1. The number of hydrogen-bond donors (Lipinski definition) is 2. The van der Waals surface area contributed by atoms with Gasteiger partial charge < -0.3 is 20.3 Å². The number of alkyl halides is 2. The second kappa shape index (κ2) is 11.1. The molecule has 40 heavy (non-hydrogen) atoms. The highest BCUT2D eigenvalue weighted by atomic mass is 32.2. The van der Waals surface area contributed by atoms with Gasteiger partial charge in [0.1, 0.15) is 10.6 Å². The molecule has 2 heterocycles. The zero-order valence-corrected chi connectivity index (χ0v) is 23.0. The molecule has 1 saturated carbocycles. The van der Waals surface area contributed by atoms with E-state index in [1.54, 1.807) is 60.7 Å². The van der Waals surface area contributed by atoms with E-state index in [1.165, 1.54) is 0 Å². The molecule has 1 aliphatic heterocycles. The van der Waals surface area contributed by atoms with Crippen LogP contribution in [0.5, 0.6) is 0 Å². The molecule has 5 rings (SSSR count). The topological polar surface area (TPSA) is 114 Å². The first-order valence-electron chi connectivity index (χ1n) is 13.1. The van der Waals surface area contributed by atoms with Crippen LogP contribution in [0.4, 0.5) is 25.1 Å². The van der Waals surface area contributed by atoms with Crippen LogP contribution in [0.2, 0.25) is 0 Å². The minimum Gasteiger partial charge on any atom is -0.377 e. The first-order valence-corrected chi connectivity index (χ1v) is 14.6. The summed E-state index contributed by atoms with van der Waals surface area (Å²) in [4.78, 5) is 23.9. The Morgan fingerprint density at radius 3 is 2.30 bits per heavy atom. The minimum atomic E-state index is -3.73. The Kier molecular flexibility index (Phi) is 7.74. The van der Waals surface area contributed by atoms with Gasteiger partial charge in [0, 0.05) is 17.3 Å². The molecule has 12 heteroatoms. The third-order valence-corrected chi connectivity index (χ3v) is 9.74. The molecule has 2 amide bonds. The van der Waals surface area contributed by atoms with E-state index in [9.17, 15) is 22.0 Å². The van der Waals surface area contributed by atoms with Crippen LogP contribution in [0, 0.1) is 0 Å². The average molecular weight is 572 g/mol. The fourth-order valence-corrected chi connectivity index (χ4v) is 7.02. The van der Waals surface area contributed by atoms with E-state index in [-0.39, 0.29) is 17.0 Å². The van der Waals surface area contributed by atoms with E-state index in [2.05, 4.69) is 15.5 Å². The number of carbonyl (C=O) groups excluding carboxylic acids is 1. The lowest BCUT2D eigenvalue weighted by Crippen LogP contribution is -2.50. The summed E-state index contributed by atoms with van der Waals surface area (Å²) in [5, 5.41) is 4.60. The Bertz CT molecular complexity index is 1460. The zero-order valence-electron chi connectivity index (χ0n) is 22.2. The summed E-state index contributed by atoms with van der Waals surface area (Å²) in [6.45, 7) is 4.34. The monoisotopic (exact) mass is 571 g/mol. The van der Waals surface area contributed by atoms with Gasteiger partial charge >= 0.3 is 6.03 Å². The molecule has 9 nitrogen and oxygen atoms in total. The van der Waals surface area contributed by atoms with Crippen molar-refractivity contribution in [3.8, 4) is 11.4 Å². The molecule has 2 N–H and O–H groups in total.